The average molecular weight is 438 g/mol. The number of anilines is 1. The van der Waals surface area contributed by atoms with Gasteiger partial charge < -0.3 is 15.0 Å². The van der Waals surface area contributed by atoms with Gasteiger partial charge in [0.15, 0.2) is 0 Å². The van der Waals surface area contributed by atoms with Crippen LogP contribution < -0.4 is 15.0 Å². The van der Waals surface area contributed by atoms with E-state index >= 15 is 0 Å². The zero-order valence-electron chi connectivity index (χ0n) is 16.5. The van der Waals surface area contributed by atoms with Crippen molar-refractivity contribution in [3.05, 3.63) is 77.7 Å². The summed E-state index contributed by atoms with van der Waals surface area (Å²) in [5.41, 5.74) is 1.65. The molecule has 0 radical (unpaired) electrons. The quantitative estimate of drug-likeness (QED) is 0.429. The topological polar surface area (TPSA) is 87.7 Å². The number of hydrogen-bond acceptors (Lipinski definition) is 5. The van der Waals surface area contributed by atoms with Crippen molar-refractivity contribution in [2.75, 3.05) is 24.5 Å². The van der Waals surface area contributed by atoms with Gasteiger partial charge in [-0.3, -0.25) is 14.7 Å². The Labute approximate surface area is 184 Å². The maximum atomic E-state index is 13.2. The first-order valence-electron chi connectivity index (χ1n) is 9.70. The summed E-state index contributed by atoms with van der Waals surface area (Å²) in [5, 5.41) is 3.20. The number of carbonyl (C=O) groups is 2. The minimum absolute atomic E-state index is 0.139. The normalized spacial score (nSPS) is 15.8. The fourth-order valence-corrected chi connectivity index (χ4v) is 3.62. The fraction of sp³-hybridized carbons (Fsp3) is 0.182. The van der Waals surface area contributed by atoms with E-state index in [1.807, 2.05) is 36.4 Å². The highest BCUT2D eigenvalue weighted by Crippen LogP contribution is 2.36. The number of halogens is 1. The molecule has 31 heavy (non-hydrogen) atoms. The molecule has 0 saturated carbocycles. The molecule has 0 spiro atoms. The monoisotopic (exact) mass is 437 g/mol. The van der Waals surface area contributed by atoms with Crippen LogP contribution >= 0.6 is 11.6 Å². The highest BCUT2D eigenvalue weighted by Gasteiger charge is 2.39. The van der Waals surface area contributed by atoms with E-state index in [2.05, 4.69) is 15.3 Å². The molecule has 4 rings (SSSR count). The van der Waals surface area contributed by atoms with Crippen LogP contribution in [0.4, 0.5) is 10.5 Å². The van der Waals surface area contributed by atoms with E-state index in [9.17, 15) is 9.59 Å². The highest BCUT2D eigenvalue weighted by molar-refractivity contribution is 6.30. The molecule has 8 nitrogen and oxygen atoms in total. The van der Waals surface area contributed by atoms with Crippen molar-refractivity contribution in [3.63, 3.8) is 0 Å². The van der Waals surface area contributed by atoms with E-state index in [0.717, 1.165) is 11.3 Å². The van der Waals surface area contributed by atoms with Gasteiger partial charge in [-0.25, -0.2) is 9.78 Å². The van der Waals surface area contributed by atoms with Gasteiger partial charge in [0, 0.05) is 42.7 Å². The molecule has 158 valence electrons. The van der Waals surface area contributed by atoms with Crippen molar-refractivity contribution in [1.82, 2.24) is 20.2 Å². The Bertz CT molecular complexity index is 1050. The van der Waals surface area contributed by atoms with Crippen molar-refractivity contribution in [1.29, 1.82) is 0 Å². The number of carbonyl (C=O) groups excluding carboxylic acids is 2. The molecule has 1 aliphatic heterocycles. The lowest BCUT2D eigenvalue weighted by Gasteiger charge is -2.24. The molecule has 1 saturated heterocycles. The second kappa shape index (κ2) is 9.44. The van der Waals surface area contributed by atoms with Crippen molar-refractivity contribution < 1.29 is 14.3 Å². The number of benzene rings is 2. The van der Waals surface area contributed by atoms with Crippen LogP contribution in [0.15, 0.2) is 67.1 Å². The number of ether oxygens (including phenoxy) is 1. The molecule has 1 atom stereocenters. The van der Waals surface area contributed by atoms with E-state index < -0.39 is 0 Å². The van der Waals surface area contributed by atoms with Crippen molar-refractivity contribution in [2.45, 2.75) is 6.04 Å². The number of amides is 3. The lowest BCUT2D eigenvalue weighted by Crippen LogP contribution is -2.36. The molecular formula is C22H20ClN5O3. The van der Waals surface area contributed by atoms with Crippen LogP contribution in [0, 0.1) is 0 Å². The third-order valence-electron chi connectivity index (χ3n) is 4.90. The van der Waals surface area contributed by atoms with E-state index in [-0.39, 0.29) is 12.1 Å². The molecular weight excluding hydrogens is 418 g/mol. The second-order valence-electron chi connectivity index (χ2n) is 6.88. The molecule has 3 amide bonds. The minimum Gasteiger partial charge on any atom is -0.437 e. The Kier molecular flexibility index (Phi) is 6.28. The van der Waals surface area contributed by atoms with Gasteiger partial charge in [0.05, 0.1) is 12.2 Å². The van der Waals surface area contributed by atoms with Crippen molar-refractivity contribution in [2.24, 2.45) is 0 Å². The number of urea groups is 1. The molecule has 2 heterocycles. The number of nitrogens with zero attached hydrogens (tertiary/aromatic N) is 4. The third-order valence-corrected chi connectivity index (χ3v) is 5.15. The molecule has 0 bridgehead atoms. The summed E-state index contributed by atoms with van der Waals surface area (Å²) < 4.78 is 5.81. The second-order valence-corrected chi connectivity index (χ2v) is 7.32. The van der Waals surface area contributed by atoms with Gasteiger partial charge in [-0.1, -0.05) is 23.7 Å². The first-order chi connectivity index (χ1) is 15.2. The van der Waals surface area contributed by atoms with E-state index in [4.69, 9.17) is 16.3 Å². The standard InChI is InChI=1S/C22H20ClN5O3/c23-17-4-6-18(7-5-17)28-20(14-27(22(28)30)11-10-25-15-29)16-2-1-3-19(12-16)31-21-13-24-8-9-26-21/h1-9,12-13,15,20H,10-11,14H2,(H,25,29)/t20-/m1/s1. The zero-order valence-corrected chi connectivity index (χ0v) is 17.3. The SMILES string of the molecule is O=CNCCN1C[C@H](c2cccc(Oc3cnccn3)c2)N(c2ccc(Cl)cc2)C1=O. The molecule has 3 aromatic rings. The average Bonchev–Trinajstić information content (AvgIpc) is 3.12. The van der Waals surface area contributed by atoms with Crippen LogP contribution in [-0.4, -0.2) is 46.9 Å². The molecule has 1 aromatic heterocycles. The lowest BCUT2D eigenvalue weighted by molar-refractivity contribution is -0.109. The van der Waals surface area contributed by atoms with Crippen LogP contribution in [0.5, 0.6) is 11.6 Å². The molecule has 9 heteroatoms. The Morgan fingerprint density at radius 1 is 1.19 bits per heavy atom. The predicted molar refractivity (Wildman–Crippen MR) is 116 cm³/mol. The van der Waals surface area contributed by atoms with Crippen LogP contribution in [0.2, 0.25) is 5.02 Å². The van der Waals surface area contributed by atoms with E-state index in [1.54, 1.807) is 34.3 Å². The summed E-state index contributed by atoms with van der Waals surface area (Å²) in [6.45, 7) is 1.26. The van der Waals surface area contributed by atoms with Gasteiger partial charge in [-0.2, -0.15) is 0 Å². The van der Waals surface area contributed by atoms with Gasteiger partial charge in [0.25, 0.3) is 0 Å². The lowest BCUT2D eigenvalue weighted by atomic mass is 10.1. The summed E-state index contributed by atoms with van der Waals surface area (Å²) in [4.78, 5) is 35.4. The van der Waals surface area contributed by atoms with E-state index in [0.29, 0.717) is 42.7 Å². The van der Waals surface area contributed by atoms with Crippen LogP contribution in [0.25, 0.3) is 0 Å². The summed E-state index contributed by atoms with van der Waals surface area (Å²) in [5.74, 6) is 0.987. The van der Waals surface area contributed by atoms with Gasteiger partial charge in [-0.15, -0.1) is 0 Å². The Hall–Kier alpha value is -3.65. The smallest absolute Gasteiger partial charge is 0.325 e. The zero-order chi connectivity index (χ0) is 21.6. The maximum absolute atomic E-state index is 13.2. The number of rotatable bonds is 8. The maximum Gasteiger partial charge on any atom is 0.325 e. The Balaban J connectivity index is 1.63. The molecule has 0 unspecified atom stereocenters. The number of hydrogen-bond donors (Lipinski definition) is 1. The van der Waals surface area contributed by atoms with Crippen molar-refractivity contribution in [3.8, 4) is 11.6 Å². The number of nitrogens with one attached hydrogen (secondary N) is 1. The van der Waals surface area contributed by atoms with Crippen LogP contribution in [0.1, 0.15) is 11.6 Å². The van der Waals surface area contributed by atoms with E-state index in [1.165, 1.54) is 6.20 Å². The Morgan fingerprint density at radius 2 is 2.03 bits per heavy atom. The van der Waals surface area contributed by atoms with Gasteiger partial charge >= 0.3 is 6.03 Å². The molecule has 1 N–H and O–H groups in total. The van der Waals surface area contributed by atoms with Gasteiger partial charge in [0.2, 0.25) is 12.3 Å². The number of aromatic nitrogens is 2. The highest BCUT2D eigenvalue weighted by atomic mass is 35.5. The molecule has 0 aliphatic carbocycles. The summed E-state index contributed by atoms with van der Waals surface area (Å²) >= 11 is 6.04. The predicted octanol–water partition coefficient (Wildman–Crippen LogP) is 3.65. The first-order valence-corrected chi connectivity index (χ1v) is 10.1. The van der Waals surface area contributed by atoms with Gasteiger partial charge in [-0.05, 0) is 42.0 Å². The fourth-order valence-electron chi connectivity index (χ4n) is 3.49. The largest absolute Gasteiger partial charge is 0.437 e. The molecule has 1 aliphatic rings. The summed E-state index contributed by atoms with van der Waals surface area (Å²) in [6, 6.07) is 14.3. The Morgan fingerprint density at radius 3 is 2.77 bits per heavy atom. The van der Waals surface area contributed by atoms with Crippen molar-refractivity contribution >= 4 is 29.7 Å². The third kappa shape index (κ3) is 4.75. The molecule has 1 fully saturated rings. The van der Waals surface area contributed by atoms with Gasteiger partial charge in [0.1, 0.15) is 5.75 Å². The summed E-state index contributed by atoms with van der Waals surface area (Å²) in [7, 11) is 0. The van der Waals surface area contributed by atoms with Crippen LogP contribution in [0.3, 0.4) is 0 Å². The first kappa shape index (κ1) is 20.6. The summed E-state index contributed by atoms with van der Waals surface area (Å²) in [6.07, 6.45) is 5.30. The molecule has 2 aromatic carbocycles. The minimum atomic E-state index is -0.240. The van der Waals surface area contributed by atoms with Crippen LogP contribution in [-0.2, 0) is 4.79 Å².